The molecule has 0 aliphatic carbocycles. The van der Waals surface area contributed by atoms with Gasteiger partial charge in [-0.3, -0.25) is 5.41 Å². The van der Waals surface area contributed by atoms with Crippen molar-refractivity contribution in [2.75, 3.05) is 13.1 Å². The number of hydrogen-bond donors (Lipinski definition) is 2. The van der Waals surface area contributed by atoms with Gasteiger partial charge in [0.1, 0.15) is 22.4 Å². The summed E-state index contributed by atoms with van der Waals surface area (Å²) in [7, 11) is 0. The molecular formula is C19H16FN3OS. The van der Waals surface area contributed by atoms with E-state index in [2.05, 4.69) is 4.98 Å². The van der Waals surface area contributed by atoms with Gasteiger partial charge in [0.25, 0.3) is 0 Å². The number of halogens is 1. The number of benzene rings is 2. The zero-order valence-corrected chi connectivity index (χ0v) is 14.2. The van der Waals surface area contributed by atoms with E-state index in [0.717, 1.165) is 15.8 Å². The Kier molecular flexibility index (Phi) is 3.97. The number of fused-ring (bicyclic) bond motifs is 1. The van der Waals surface area contributed by atoms with E-state index in [9.17, 15) is 9.50 Å². The number of nitrogens with one attached hydrogen (secondary N) is 1. The van der Waals surface area contributed by atoms with E-state index in [1.165, 1.54) is 23.5 Å². The fraction of sp³-hybridized carbons (Fsp3) is 0.158. The van der Waals surface area contributed by atoms with Crippen LogP contribution in [0.4, 0.5) is 4.39 Å². The third-order valence-corrected chi connectivity index (χ3v) is 5.33. The van der Waals surface area contributed by atoms with Gasteiger partial charge in [-0.05, 0) is 36.2 Å². The highest BCUT2D eigenvalue weighted by Crippen LogP contribution is 2.33. The van der Waals surface area contributed by atoms with Crippen LogP contribution in [0.3, 0.4) is 0 Å². The van der Waals surface area contributed by atoms with Crippen molar-refractivity contribution in [1.82, 2.24) is 9.88 Å². The Labute approximate surface area is 148 Å². The third kappa shape index (κ3) is 3.00. The summed E-state index contributed by atoms with van der Waals surface area (Å²) in [5.74, 6) is 0.219. The van der Waals surface area contributed by atoms with E-state index in [4.69, 9.17) is 5.41 Å². The van der Waals surface area contributed by atoms with Gasteiger partial charge in [-0.25, -0.2) is 9.37 Å². The van der Waals surface area contributed by atoms with E-state index in [-0.39, 0.29) is 11.6 Å². The highest BCUT2D eigenvalue weighted by Gasteiger charge is 2.30. The van der Waals surface area contributed by atoms with Crippen molar-refractivity contribution in [3.05, 3.63) is 70.7 Å². The number of nitrogens with zero attached hydrogens (tertiary/aromatic N) is 2. The lowest BCUT2D eigenvalue weighted by molar-refractivity contribution is 0.351. The second-order valence-corrected chi connectivity index (χ2v) is 6.99. The Hall–Kier alpha value is -2.73. The lowest BCUT2D eigenvalue weighted by Gasteiger charge is -2.18. The molecule has 0 fully saturated rings. The topological polar surface area (TPSA) is 60.2 Å². The molecule has 0 spiro atoms. The molecule has 3 aromatic rings. The van der Waals surface area contributed by atoms with Gasteiger partial charge in [0.15, 0.2) is 0 Å². The average Bonchev–Trinajstić information content (AvgIpc) is 3.14. The fourth-order valence-corrected chi connectivity index (χ4v) is 3.98. The first kappa shape index (κ1) is 15.8. The summed E-state index contributed by atoms with van der Waals surface area (Å²) >= 11 is 1.48. The largest absolute Gasteiger partial charge is 0.510 e. The molecule has 0 bridgehead atoms. The molecule has 1 aromatic heterocycles. The van der Waals surface area contributed by atoms with Gasteiger partial charge in [-0.1, -0.05) is 24.3 Å². The summed E-state index contributed by atoms with van der Waals surface area (Å²) in [4.78, 5) is 6.37. The smallest absolute Gasteiger partial charge is 0.135 e. The number of aliphatic hydroxyl groups excluding tert-OH is 1. The van der Waals surface area contributed by atoms with Crippen LogP contribution in [0.1, 0.15) is 10.6 Å². The first-order valence-corrected chi connectivity index (χ1v) is 8.80. The van der Waals surface area contributed by atoms with Gasteiger partial charge in [0, 0.05) is 6.54 Å². The molecule has 0 amide bonds. The maximum atomic E-state index is 13.0. The molecule has 1 aliphatic heterocycles. The van der Waals surface area contributed by atoms with Crippen molar-refractivity contribution in [3.63, 3.8) is 0 Å². The van der Waals surface area contributed by atoms with Crippen LogP contribution in [0.5, 0.6) is 0 Å². The van der Waals surface area contributed by atoms with Crippen LogP contribution in [0, 0.1) is 11.2 Å². The molecule has 0 unspecified atom stereocenters. The highest BCUT2D eigenvalue weighted by molar-refractivity contribution is 7.19. The number of rotatable bonds is 4. The summed E-state index contributed by atoms with van der Waals surface area (Å²) in [5, 5.41) is 19.4. The monoisotopic (exact) mass is 353 g/mol. The summed E-state index contributed by atoms with van der Waals surface area (Å²) < 4.78 is 14.0. The second kappa shape index (κ2) is 6.29. The number of amidine groups is 1. The summed E-state index contributed by atoms with van der Waals surface area (Å²) in [6.45, 7) is 0.897. The molecule has 1 aliphatic rings. The van der Waals surface area contributed by atoms with E-state index in [0.29, 0.717) is 35.9 Å². The number of hydrogen-bond acceptors (Lipinski definition) is 4. The van der Waals surface area contributed by atoms with Gasteiger partial charge in [-0.15, -0.1) is 11.3 Å². The molecule has 0 radical (unpaired) electrons. The molecule has 4 rings (SSSR count). The van der Waals surface area contributed by atoms with Crippen LogP contribution in [-0.2, 0) is 6.42 Å². The van der Waals surface area contributed by atoms with Crippen molar-refractivity contribution in [1.29, 1.82) is 5.41 Å². The summed E-state index contributed by atoms with van der Waals surface area (Å²) in [6.07, 6.45) is 0.684. The van der Waals surface area contributed by atoms with E-state index >= 15 is 0 Å². The standard InChI is InChI=1S/C19H16FN3OS/c20-13-7-5-12(6-8-13)9-10-23-11-15(24)17(18(23)21)19-22-14-3-1-2-4-16(14)25-19/h1-8,21,24H,9-11H2. The number of aliphatic hydroxyl groups is 1. The molecule has 2 heterocycles. The van der Waals surface area contributed by atoms with Gasteiger partial charge in [-0.2, -0.15) is 0 Å². The molecule has 126 valence electrons. The molecule has 25 heavy (non-hydrogen) atoms. The minimum atomic E-state index is -0.255. The zero-order chi connectivity index (χ0) is 17.4. The first-order chi connectivity index (χ1) is 12.1. The Morgan fingerprint density at radius 2 is 1.92 bits per heavy atom. The van der Waals surface area contributed by atoms with Crippen molar-refractivity contribution in [2.45, 2.75) is 6.42 Å². The van der Waals surface area contributed by atoms with Gasteiger partial charge in [0.2, 0.25) is 0 Å². The van der Waals surface area contributed by atoms with Crippen LogP contribution < -0.4 is 0 Å². The van der Waals surface area contributed by atoms with Crippen LogP contribution in [0.2, 0.25) is 0 Å². The molecule has 0 saturated carbocycles. The van der Waals surface area contributed by atoms with Crippen molar-refractivity contribution < 1.29 is 9.50 Å². The third-order valence-electron chi connectivity index (χ3n) is 4.27. The Morgan fingerprint density at radius 1 is 1.16 bits per heavy atom. The molecule has 6 heteroatoms. The maximum absolute atomic E-state index is 13.0. The Balaban J connectivity index is 1.51. The quantitative estimate of drug-likeness (QED) is 0.737. The number of para-hydroxylation sites is 1. The number of thiazole rings is 1. The SMILES string of the molecule is N=C1C(c2nc3ccccc3s2)=C(O)CN1CCc1ccc(F)cc1. The van der Waals surface area contributed by atoms with Gasteiger partial charge >= 0.3 is 0 Å². The lowest BCUT2D eigenvalue weighted by Crippen LogP contribution is -2.28. The Morgan fingerprint density at radius 3 is 2.68 bits per heavy atom. The van der Waals surface area contributed by atoms with Gasteiger partial charge in [0.05, 0.1) is 22.3 Å². The van der Waals surface area contributed by atoms with Crippen LogP contribution in [0.15, 0.2) is 54.3 Å². The summed E-state index contributed by atoms with van der Waals surface area (Å²) in [6, 6.07) is 14.2. The first-order valence-electron chi connectivity index (χ1n) is 7.98. The van der Waals surface area contributed by atoms with Crippen LogP contribution >= 0.6 is 11.3 Å². The zero-order valence-electron chi connectivity index (χ0n) is 13.4. The van der Waals surface area contributed by atoms with E-state index in [1.807, 2.05) is 29.2 Å². The van der Waals surface area contributed by atoms with Crippen molar-refractivity contribution >= 4 is 33.0 Å². The highest BCUT2D eigenvalue weighted by atomic mass is 32.1. The molecule has 0 saturated heterocycles. The van der Waals surface area contributed by atoms with E-state index < -0.39 is 0 Å². The minimum absolute atomic E-state index is 0.183. The van der Waals surface area contributed by atoms with Crippen molar-refractivity contribution in [2.24, 2.45) is 0 Å². The average molecular weight is 353 g/mol. The van der Waals surface area contributed by atoms with Gasteiger partial charge < -0.3 is 10.0 Å². The molecule has 4 nitrogen and oxygen atoms in total. The van der Waals surface area contributed by atoms with Crippen LogP contribution in [0.25, 0.3) is 15.8 Å². The lowest BCUT2D eigenvalue weighted by atomic mass is 10.1. The molecular weight excluding hydrogens is 337 g/mol. The molecule has 2 N–H and O–H groups in total. The van der Waals surface area contributed by atoms with Crippen molar-refractivity contribution in [3.8, 4) is 0 Å². The Bertz CT molecular complexity index is 945. The number of aromatic nitrogens is 1. The minimum Gasteiger partial charge on any atom is -0.510 e. The van der Waals surface area contributed by atoms with E-state index in [1.54, 1.807) is 12.1 Å². The molecule has 2 aromatic carbocycles. The summed E-state index contributed by atoms with van der Waals surface area (Å²) in [5.41, 5.74) is 2.39. The normalized spacial score (nSPS) is 14.8. The van der Waals surface area contributed by atoms with Crippen LogP contribution in [-0.4, -0.2) is 33.9 Å². The molecule has 0 atom stereocenters. The maximum Gasteiger partial charge on any atom is 0.135 e. The fourth-order valence-electron chi connectivity index (χ4n) is 2.94. The second-order valence-electron chi connectivity index (χ2n) is 5.96. The predicted molar refractivity (Wildman–Crippen MR) is 98.6 cm³/mol. The predicted octanol–water partition coefficient (Wildman–Crippen LogP) is 4.24.